The molecule has 29 heavy (non-hydrogen) atoms. The summed E-state index contributed by atoms with van der Waals surface area (Å²) in [5.41, 5.74) is 0. The molecular formula is C16H22F10I2S. The molecule has 0 amide bonds. The van der Waals surface area contributed by atoms with Gasteiger partial charge < -0.3 is 0 Å². The van der Waals surface area contributed by atoms with Gasteiger partial charge in [-0.25, -0.2) is 0 Å². The average molecular weight is 690 g/mol. The number of thioether (sulfide) groups is 1. The molecule has 13 heteroatoms. The summed E-state index contributed by atoms with van der Waals surface area (Å²) in [4.78, 5) is 0. The van der Waals surface area contributed by atoms with Gasteiger partial charge in [-0.2, -0.15) is 55.7 Å². The summed E-state index contributed by atoms with van der Waals surface area (Å²) in [6.07, 6.45) is -12.7. The summed E-state index contributed by atoms with van der Waals surface area (Å²) in [6, 6.07) is 0. The average Bonchev–Trinajstić information content (AvgIpc) is 2.57. The van der Waals surface area contributed by atoms with Gasteiger partial charge in [-0.15, -0.1) is 0 Å². The molecule has 2 atom stereocenters. The van der Waals surface area contributed by atoms with Crippen molar-refractivity contribution in [3.63, 3.8) is 0 Å². The van der Waals surface area contributed by atoms with Gasteiger partial charge in [0.15, 0.2) is 0 Å². The predicted octanol–water partition coefficient (Wildman–Crippen LogP) is 8.56. The van der Waals surface area contributed by atoms with Gasteiger partial charge in [0.25, 0.3) is 0 Å². The van der Waals surface area contributed by atoms with Crippen molar-refractivity contribution >= 4 is 56.9 Å². The highest BCUT2D eigenvalue weighted by Crippen LogP contribution is 2.46. The fourth-order valence-electron chi connectivity index (χ4n) is 2.68. The van der Waals surface area contributed by atoms with Gasteiger partial charge in [0, 0.05) is 11.8 Å². The summed E-state index contributed by atoms with van der Waals surface area (Å²) in [5, 5.41) is 0. The van der Waals surface area contributed by atoms with Crippen molar-refractivity contribution in [2.45, 2.75) is 62.7 Å². The van der Waals surface area contributed by atoms with E-state index in [1.54, 1.807) is 0 Å². The van der Waals surface area contributed by atoms with Crippen molar-refractivity contribution in [1.29, 1.82) is 0 Å². The molecule has 0 aromatic carbocycles. The number of rotatable bonds is 14. The molecule has 0 aromatic heterocycles. The molecule has 176 valence electrons. The molecule has 0 saturated heterocycles. The van der Waals surface area contributed by atoms with Gasteiger partial charge in [-0.05, 0) is 58.9 Å². The lowest BCUT2D eigenvalue weighted by atomic mass is 9.93. The first-order chi connectivity index (χ1) is 13.1. The first kappa shape index (κ1) is 30.1. The summed E-state index contributed by atoms with van der Waals surface area (Å²) in [5.74, 6) is -14.0. The molecule has 0 spiro atoms. The Labute approximate surface area is 195 Å². The molecule has 0 N–H and O–H groups in total. The van der Waals surface area contributed by atoms with Crippen LogP contribution in [0.3, 0.4) is 0 Å². The van der Waals surface area contributed by atoms with Crippen LogP contribution >= 0.6 is 56.9 Å². The first-order valence-corrected chi connectivity index (χ1v) is 12.9. The zero-order valence-electron chi connectivity index (χ0n) is 15.2. The van der Waals surface area contributed by atoms with Crippen LogP contribution < -0.4 is 0 Å². The van der Waals surface area contributed by atoms with E-state index >= 15 is 0 Å². The number of alkyl halides is 12. The molecule has 2 unspecified atom stereocenters. The second-order valence-corrected chi connectivity index (χ2v) is 9.87. The van der Waals surface area contributed by atoms with Crippen molar-refractivity contribution in [2.75, 3.05) is 20.4 Å². The lowest BCUT2D eigenvalue weighted by molar-refractivity contribution is -0.303. The van der Waals surface area contributed by atoms with Gasteiger partial charge in [-0.1, -0.05) is 45.2 Å². The standard InChI is InChI=1S/C16H22F10I2S/c17-13(18,15(21,22)23)11(3-1-7-27)5-9-29-10-6-12(4-2-8-28)14(19,20)16(24,25)26/h11-12H,1-10H2. The smallest absolute Gasteiger partial charge is 0.196 e. The first-order valence-electron chi connectivity index (χ1n) is 8.71. The molecule has 0 fully saturated rings. The number of hydrogen-bond acceptors (Lipinski definition) is 1. The van der Waals surface area contributed by atoms with Gasteiger partial charge >= 0.3 is 24.2 Å². The summed E-state index contributed by atoms with van der Waals surface area (Å²) < 4.78 is 131. The second kappa shape index (κ2) is 13.0. The Morgan fingerprint density at radius 3 is 1.10 bits per heavy atom. The molecule has 0 saturated carbocycles. The quantitative estimate of drug-likeness (QED) is 0.0763. The Hall–Kier alpha value is 1.11. The van der Waals surface area contributed by atoms with Gasteiger partial charge in [0.1, 0.15) is 0 Å². The van der Waals surface area contributed by atoms with Crippen LogP contribution in [0.15, 0.2) is 0 Å². The lowest BCUT2D eigenvalue weighted by Crippen LogP contribution is -2.44. The van der Waals surface area contributed by atoms with Crippen LogP contribution in [-0.2, 0) is 0 Å². The van der Waals surface area contributed by atoms with Crippen molar-refractivity contribution in [3.8, 4) is 0 Å². The van der Waals surface area contributed by atoms with Gasteiger partial charge in [0.2, 0.25) is 0 Å². The monoisotopic (exact) mass is 690 g/mol. The SMILES string of the molecule is FC(F)(F)C(F)(F)C(CCCI)CCSCCC(CCCI)C(F)(F)C(F)(F)F. The minimum absolute atomic E-state index is 0.164. The summed E-state index contributed by atoms with van der Waals surface area (Å²) >= 11 is 4.54. The van der Waals surface area contributed by atoms with E-state index in [1.807, 2.05) is 45.2 Å². The second-order valence-electron chi connectivity index (χ2n) is 6.49. The highest BCUT2D eigenvalue weighted by molar-refractivity contribution is 14.1. The van der Waals surface area contributed by atoms with E-state index in [0.29, 0.717) is 8.86 Å². The van der Waals surface area contributed by atoms with E-state index in [-0.39, 0.29) is 37.2 Å². The predicted molar refractivity (Wildman–Crippen MR) is 112 cm³/mol. The van der Waals surface area contributed by atoms with Crippen molar-refractivity contribution < 1.29 is 43.9 Å². The van der Waals surface area contributed by atoms with Gasteiger partial charge in [0.05, 0.1) is 0 Å². The Balaban J connectivity index is 4.79. The fraction of sp³-hybridized carbons (Fsp3) is 1.00. The van der Waals surface area contributed by atoms with Crippen molar-refractivity contribution in [1.82, 2.24) is 0 Å². The lowest BCUT2D eigenvalue weighted by Gasteiger charge is -2.29. The highest BCUT2D eigenvalue weighted by atomic mass is 127. The highest BCUT2D eigenvalue weighted by Gasteiger charge is 2.62. The normalized spacial score (nSPS) is 16.1. The molecular weight excluding hydrogens is 668 g/mol. The third-order valence-corrected chi connectivity index (χ3v) is 6.95. The third-order valence-electron chi connectivity index (χ3n) is 4.38. The minimum atomic E-state index is -5.69. The molecule has 0 aliphatic carbocycles. The third kappa shape index (κ3) is 9.64. The van der Waals surface area contributed by atoms with Gasteiger partial charge in [-0.3, -0.25) is 0 Å². The van der Waals surface area contributed by atoms with Crippen LogP contribution in [0.2, 0.25) is 0 Å². The van der Waals surface area contributed by atoms with E-state index < -0.39 is 48.9 Å². The van der Waals surface area contributed by atoms with E-state index in [0.717, 1.165) is 11.8 Å². The fourth-order valence-corrected chi connectivity index (χ4v) is 4.66. The number of hydrogen-bond donors (Lipinski definition) is 0. The Morgan fingerprint density at radius 2 is 0.862 bits per heavy atom. The van der Waals surface area contributed by atoms with E-state index in [2.05, 4.69) is 0 Å². The van der Waals surface area contributed by atoms with Crippen LogP contribution in [0.4, 0.5) is 43.9 Å². The molecule has 0 heterocycles. The van der Waals surface area contributed by atoms with Crippen LogP contribution in [0.1, 0.15) is 38.5 Å². The van der Waals surface area contributed by atoms with Crippen LogP contribution in [-0.4, -0.2) is 44.6 Å². The topological polar surface area (TPSA) is 0 Å². The van der Waals surface area contributed by atoms with Crippen molar-refractivity contribution in [3.05, 3.63) is 0 Å². The zero-order chi connectivity index (χ0) is 22.9. The Kier molecular flexibility index (Phi) is 13.5. The van der Waals surface area contributed by atoms with Crippen molar-refractivity contribution in [2.24, 2.45) is 11.8 Å². The maximum absolute atomic E-state index is 13.6. The molecule has 0 radical (unpaired) electrons. The maximum atomic E-state index is 13.6. The Bertz CT molecular complexity index is 414. The molecule has 0 aromatic rings. The summed E-state index contributed by atoms with van der Waals surface area (Å²) in [6.45, 7) is 0. The molecule has 0 bridgehead atoms. The minimum Gasteiger partial charge on any atom is -0.196 e. The van der Waals surface area contributed by atoms with E-state index in [1.165, 1.54) is 0 Å². The van der Waals surface area contributed by atoms with Crippen LogP contribution in [0.5, 0.6) is 0 Å². The zero-order valence-corrected chi connectivity index (χ0v) is 20.3. The Morgan fingerprint density at radius 1 is 0.552 bits per heavy atom. The molecule has 0 aliphatic heterocycles. The molecule has 0 aliphatic rings. The van der Waals surface area contributed by atoms with E-state index in [4.69, 9.17) is 0 Å². The van der Waals surface area contributed by atoms with Crippen LogP contribution in [0, 0.1) is 11.8 Å². The summed E-state index contributed by atoms with van der Waals surface area (Å²) in [7, 11) is 0. The van der Waals surface area contributed by atoms with E-state index in [9.17, 15) is 43.9 Å². The largest absolute Gasteiger partial charge is 0.453 e. The van der Waals surface area contributed by atoms with Crippen LogP contribution in [0.25, 0.3) is 0 Å². The number of halogens is 12. The molecule has 0 nitrogen and oxygen atoms in total. The maximum Gasteiger partial charge on any atom is 0.453 e. The molecule has 0 rings (SSSR count).